The van der Waals surface area contributed by atoms with Gasteiger partial charge in [0.2, 0.25) is 0 Å². The third-order valence-electron chi connectivity index (χ3n) is 0.348. The van der Waals surface area contributed by atoms with E-state index in [1.165, 1.54) is 6.92 Å². The van der Waals surface area contributed by atoms with Gasteiger partial charge >= 0.3 is 5.97 Å². The monoisotopic (exact) mass is 166 g/mol. The fourth-order valence-corrected chi connectivity index (χ4v) is 0.203. The van der Waals surface area contributed by atoms with Crippen LogP contribution >= 0.6 is 0 Å². The zero-order valence-electron chi connectivity index (χ0n) is 6.88. The summed E-state index contributed by atoms with van der Waals surface area (Å²) in [6.45, 7) is 4.74. The lowest BCUT2D eigenvalue weighted by Crippen LogP contribution is -1.95. The quantitative estimate of drug-likeness (QED) is 0.547. The fourth-order valence-electron chi connectivity index (χ4n) is 0.203. The average molecular weight is 166 g/mol. The summed E-state index contributed by atoms with van der Waals surface area (Å²) >= 11 is 0. The number of rotatable bonds is 1. The molecule has 0 saturated carbocycles. The van der Waals surface area contributed by atoms with Crippen molar-refractivity contribution < 1.29 is 24.9 Å². The molecule has 0 bridgehead atoms. The summed E-state index contributed by atoms with van der Waals surface area (Å²) < 4.78 is 4.40. The molecule has 5 nitrogen and oxygen atoms in total. The summed E-state index contributed by atoms with van der Waals surface area (Å²) in [4.78, 5) is 18.8. The third kappa shape index (κ3) is 117. The van der Waals surface area contributed by atoms with Gasteiger partial charge in [-0.2, -0.15) is 0 Å². The van der Waals surface area contributed by atoms with Gasteiger partial charge in [-0.25, -0.2) is 0 Å². The highest BCUT2D eigenvalue weighted by atomic mass is 16.5. The maximum Gasteiger partial charge on any atom is 0.302 e. The Bertz CT molecular complexity index is 106. The van der Waals surface area contributed by atoms with E-state index in [0.29, 0.717) is 6.61 Å². The van der Waals surface area contributed by atoms with Gasteiger partial charge in [-0.15, -0.1) is 0 Å². The minimum absolute atomic E-state index is 0. The first-order valence-corrected chi connectivity index (χ1v) is 2.83. The summed E-state index contributed by atoms with van der Waals surface area (Å²) in [5.74, 6) is -1.04. The second kappa shape index (κ2) is 11.7. The number of carbonyl (C=O) groups is 2. The largest absolute Gasteiger partial charge is 0.481 e. The van der Waals surface area contributed by atoms with Crippen molar-refractivity contribution >= 4 is 11.9 Å². The van der Waals surface area contributed by atoms with Crippen LogP contribution in [0.5, 0.6) is 0 Å². The highest BCUT2D eigenvalue weighted by Crippen LogP contribution is 1.69. The van der Waals surface area contributed by atoms with Crippen molar-refractivity contribution in [1.82, 2.24) is 0 Å². The Morgan fingerprint density at radius 3 is 1.64 bits per heavy atom. The lowest BCUT2D eigenvalue weighted by atomic mass is 10.8. The number of carboxylic acid groups (broad SMARTS) is 1. The molecule has 0 heterocycles. The van der Waals surface area contributed by atoms with Gasteiger partial charge in [0.1, 0.15) is 0 Å². The van der Waals surface area contributed by atoms with Crippen LogP contribution in [0.2, 0.25) is 0 Å². The number of hydrogen-bond acceptors (Lipinski definition) is 3. The Hall–Kier alpha value is -1.10. The van der Waals surface area contributed by atoms with Gasteiger partial charge in [0, 0.05) is 13.8 Å². The average Bonchev–Trinajstić information content (AvgIpc) is 1.62. The lowest BCUT2D eigenvalue weighted by Gasteiger charge is -1.89. The van der Waals surface area contributed by atoms with Crippen LogP contribution in [0.3, 0.4) is 0 Å². The van der Waals surface area contributed by atoms with Crippen LogP contribution < -0.4 is 0 Å². The Morgan fingerprint density at radius 1 is 1.36 bits per heavy atom. The first-order chi connectivity index (χ1) is 4.50. The highest BCUT2D eigenvalue weighted by Gasteiger charge is 1.81. The first-order valence-electron chi connectivity index (χ1n) is 2.83. The molecule has 11 heavy (non-hydrogen) atoms. The molecule has 0 aromatic heterocycles. The number of hydrogen-bond donors (Lipinski definition) is 1. The molecule has 0 amide bonds. The summed E-state index contributed by atoms with van der Waals surface area (Å²) in [5, 5.41) is 7.42. The molecule has 0 atom stereocenters. The molecule has 3 N–H and O–H groups in total. The van der Waals surface area contributed by atoms with E-state index in [9.17, 15) is 4.79 Å². The minimum Gasteiger partial charge on any atom is -0.481 e. The van der Waals surface area contributed by atoms with Gasteiger partial charge in [0.15, 0.2) is 0 Å². The van der Waals surface area contributed by atoms with Gasteiger partial charge < -0.3 is 15.3 Å². The standard InChI is InChI=1S/C4H8O2.C2H4O2.H2O/c1-3-6-4(2)5;1-2(3)4;/h3H2,1-2H3;1H3,(H,3,4);1H2. The van der Waals surface area contributed by atoms with Crippen molar-refractivity contribution in [2.24, 2.45) is 0 Å². The van der Waals surface area contributed by atoms with E-state index < -0.39 is 5.97 Å². The summed E-state index contributed by atoms with van der Waals surface area (Å²) in [6, 6.07) is 0. The number of aliphatic carboxylic acids is 1. The van der Waals surface area contributed by atoms with Crippen LogP contribution in [-0.2, 0) is 14.3 Å². The molecule has 0 saturated heterocycles. The normalized spacial score (nSPS) is 6.45. The molecule has 0 spiro atoms. The van der Waals surface area contributed by atoms with E-state index >= 15 is 0 Å². The number of esters is 1. The molecule has 0 aromatic carbocycles. The topological polar surface area (TPSA) is 95.1 Å². The van der Waals surface area contributed by atoms with E-state index in [0.717, 1.165) is 6.92 Å². The van der Waals surface area contributed by atoms with Crippen molar-refractivity contribution in [2.75, 3.05) is 6.61 Å². The third-order valence-corrected chi connectivity index (χ3v) is 0.348. The molecule has 0 aromatic rings. The molecule has 0 rings (SSSR count). The fraction of sp³-hybridized carbons (Fsp3) is 0.667. The zero-order valence-corrected chi connectivity index (χ0v) is 6.88. The number of carbonyl (C=O) groups excluding carboxylic acids is 1. The van der Waals surface area contributed by atoms with Crippen molar-refractivity contribution in [3.05, 3.63) is 0 Å². The molecular weight excluding hydrogens is 152 g/mol. The van der Waals surface area contributed by atoms with Crippen LogP contribution in [0.15, 0.2) is 0 Å². The van der Waals surface area contributed by atoms with Gasteiger partial charge in [-0.1, -0.05) is 0 Å². The summed E-state index contributed by atoms with van der Waals surface area (Å²) in [5.41, 5.74) is 0. The Balaban J connectivity index is -0.000000114. The predicted molar refractivity (Wildman–Crippen MR) is 39.2 cm³/mol. The smallest absolute Gasteiger partial charge is 0.302 e. The summed E-state index contributed by atoms with van der Waals surface area (Å²) in [6.07, 6.45) is 0. The van der Waals surface area contributed by atoms with E-state index in [2.05, 4.69) is 4.74 Å². The highest BCUT2D eigenvalue weighted by molar-refractivity contribution is 5.65. The SMILES string of the molecule is CC(=O)O.CCOC(C)=O.O. The molecule has 0 unspecified atom stereocenters. The van der Waals surface area contributed by atoms with Crippen molar-refractivity contribution in [2.45, 2.75) is 20.8 Å². The Labute approximate surface area is 65.3 Å². The Kier molecular flexibility index (Phi) is 17.5. The maximum atomic E-state index is 9.82. The lowest BCUT2D eigenvalue weighted by molar-refractivity contribution is -0.140. The minimum atomic E-state index is -0.833. The second-order valence-corrected chi connectivity index (χ2v) is 1.44. The first kappa shape index (κ1) is 16.5. The van der Waals surface area contributed by atoms with Crippen LogP contribution in [0.25, 0.3) is 0 Å². The molecular formula is C6H14O5. The maximum absolute atomic E-state index is 9.82. The Morgan fingerprint density at radius 2 is 1.64 bits per heavy atom. The van der Waals surface area contributed by atoms with E-state index in [4.69, 9.17) is 9.90 Å². The van der Waals surface area contributed by atoms with Crippen LogP contribution in [0.1, 0.15) is 20.8 Å². The molecule has 0 aliphatic heterocycles. The second-order valence-electron chi connectivity index (χ2n) is 1.44. The molecule has 68 valence electrons. The van der Waals surface area contributed by atoms with E-state index in [-0.39, 0.29) is 11.4 Å². The molecule has 0 fully saturated rings. The van der Waals surface area contributed by atoms with Gasteiger partial charge in [-0.05, 0) is 6.92 Å². The predicted octanol–water partition coefficient (Wildman–Crippen LogP) is -0.164. The molecule has 0 radical (unpaired) electrons. The summed E-state index contributed by atoms with van der Waals surface area (Å²) in [7, 11) is 0. The molecule has 0 aliphatic carbocycles. The molecule has 5 heteroatoms. The number of carboxylic acids is 1. The zero-order chi connectivity index (χ0) is 8.57. The van der Waals surface area contributed by atoms with Gasteiger partial charge in [-0.3, -0.25) is 9.59 Å². The van der Waals surface area contributed by atoms with E-state index in [1.807, 2.05) is 0 Å². The van der Waals surface area contributed by atoms with Crippen LogP contribution in [0.4, 0.5) is 0 Å². The number of ether oxygens (including phenoxy) is 1. The molecule has 0 aliphatic rings. The van der Waals surface area contributed by atoms with Crippen molar-refractivity contribution in [3.63, 3.8) is 0 Å². The van der Waals surface area contributed by atoms with Crippen LogP contribution in [0, 0.1) is 0 Å². The van der Waals surface area contributed by atoms with Crippen molar-refractivity contribution in [3.8, 4) is 0 Å². The van der Waals surface area contributed by atoms with E-state index in [1.54, 1.807) is 6.92 Å². The van der Waals surface area contributed by atoms with Gasteiger partial charge in [0.25, 0.3) is 5.97 Å². The van der Waals surface area contributed by atoms with Crippen molar-refractivity contribution in [1.29, 1.82) is 0 Å². The van der Waals surface area contributed by atoms with Gasteiger partial charge in [0.05, 0.1) is 6.61 Å². The van der Waals surface area contributed by atoms with Crippen LogP contribution in [-0.4, -0.2) is 29.1 Å².